The van der Waals surface area contributed by atoms with Crippen LogP contribution in [0.15, 0.2) is 24.3 Å². The van der Waals surface area contributed by atoms with E-state index in [1.165, 1.54) is 0 Å². The number of ether oxygens (including phenoxy) is 1. The third-order valence-corrected chi connectivity index (χ3v) is 5.97. The molecule has 7 nitrogen and oxygen atoms in total. The summed E-state index contributed by atoms with van der Waals surface area (Å²) in [4.78, 5) is 26.8. The molecule has 0 amide bonds. The molecule has 0 bridgehead atoms. The van der Waals surface area contributed by atoms with Gasteiger partial charge in [-0.2, -0.15) is 0 Å². The average Bonchev–Trinajstić information content (AvgIpc) is 2.97. The molecule has 0 atom stereocenters. The number of benzene rings is 1. The maximum absolute atomic E-state index is 13.3. The van der Waals surface area contributed by atoms with Gasteiger partial charge in [0.1, 0.15) is 5.75 Å². The average molecular weight is 408 g/mol. The van der Waals surface area contributed by atoms with Crippen LogP contribution >= 0.6 is 0 Å². The minimum absolute atomic E-state index is 0.155. The van der Waals surface area contributed by atoms with E-state index >= 15 is 0 Å². The first-order valence-corrected chi connectivity index (χ1v) is 10.3. The molecular formula is C23H29N5O2. The highest BCUT2D eigenvalue weighted by molar-refractivity contribution is 6.10. The van der Waals surface area contributed by atoms with Gasteiger partial charge in [0, 0.05) is 66.8 Å². The van der Waals surface area contributed by atoms with Crippen LogP contribution < -0.4 is 9.64 Å². The van der Waals surface area contributed by atoms with Gasteiger partial charge >= 0.3 is 0 Å². The molecule has 0 spiro atoms. The van der Waals surface area contributed by atoms with Crippen LogP contribution in [0, 0.1) is 20.8 Å². The van der Waals surface area contributed by atoms with Crippen LogP contribution in [-0.2, 0) is 7.05 Å². The van der Waals surface area contributed by atoms with Gasteiger partial charge in [-0.3, -0.25) is 9.69 Å². The van der Waals surface area contributed by atoms with Crippen LogP contribution in [0.5, 0.6) is 5.75 Å². The van der Waals surface area contributed by atoms with Crippen LogP contribution in [0.1, 0.15) is 27.4 Å². The summed E-state index contributed by atoms with van der Waals surface area (Å²) in [6.07, 6.45) is 0. The minimum atomic E-state index is 0.155. The molecule has 0 N–H and O–H groups in total. The number of piperazine rings is 1. The van der Waals surface area contributed by atoms with Gasteiger partial charge in [-0.15, -0.1) is 0 Å². The van der Waals surface area contributed by atoms with Crippen molar-refractivity contribution in [3.8, 4) is 5.75 Å². The molecule has 1 aliphatic heterocycles. The van der Waals surface area contributed by atoms with Crippen LogP contribution in [0.25, 0.3) is 10.9 Å². The standard InChI is InChI=1S/C23H29N5O2/c1-15-12-16(2)25-23(24-15)28-10-8-27(9-11-28)14-21(29)22-17(3)26(4)20-7-6-18(30-5)13-19(20)22/h6-7,12-13H,8-11,14H2,1-5H3. The van der Waals surface area contributed by atoms with Gasteiger partial charge in [0.05, 0.1) is 13.7 Å². The van der Waals surface area contributed by atoms with Gasteiger partial charge in [0.2, 0.25) is 5.95 Å². The molecule has 0 aliphatic carbocycles. The number of methoxy groups -OCH3 is 1. The number of nitrogens with zero attached hydrogens (tertiary/aromatic N) is 5. The van der Waals surface area contributed by atoms with Gasteiger partial charge in [-0.25, -0.2) is 9.97 Å². The summed E-state index contributed by atoms with van der Waals surface area (Å²) in [6, 6.07) is 7.90. The molecule has 1 saturated heterocycles. The molecular weight excluding hydrogens is 378 g/mol. The highest BCUT2D eigenvalue weighted by Gasteiger charge is 2.24. The quantitative estimate of drug-likeness (QED) is 0.606. The number of carbonyl (C=O) groups is 1. The molecule has 4 rings (SSSR count). The molecule has 2 aromatic heterocycles. The van der Waals surface area contributed by atoms with Crippen LogP contribution in [-0.4, -0.2) is 65.1 Å². The van der Waals surface area contributed by atoms with Crippen molar-refractivity contribution in [2.45, 2.75) is 20.8 Å². The van der Waals surface area contributed by atoms with Crippen molar-refractivity contribution in [1.82, 2.24) is 19.4 Å². The summed E-state index contributed by atoms with van der Waals surface area (Å²) < 4.78 is 7.46. The zero-order valence-corrected chi connectivity index (χ0v) is 18.4. The molecule has 30 heavy (non-hydrogen) atoms. The normalized spacial score (nSPS) is 15.0. The van der Waals surface area contributed by atoms with Crippen molar-refractivity contribution in [3.05, 3.63) is 46.9 Å². The largest absolute Gasteiger partial charge is 0.497 e. The van der Waals surface area contributed by atoms with Crippen molar-refractivity contribution in [2.24, 2.45) is 7.05 Å². The second-order valence-electron chi connectivity index (χ2n) is 8.04. The van der Waals surface area contributed by atoms with Crippen molar-refractivity contribution in [2.75, 3.05) is 44.7 Å². The Morgan fingerprint density at radius 2 is 1.70 bits per heavy atom. The number of Topliss-reactive ketones (excluding diaryl/α,β-unsaturated/α-hetero) is 1. The van der Waals surface area contributed by atoms with Crippen molar-refractivity contribution in [1.29, 1.82) is 0 Å². The first-order chi connectivity index (χ1) is 14.4. The van der Waals surface area contributed by atoms with Gasteiger partial charge in [0.25, 0.3) is 0 Å². The third-order valence-electron chi connectivity index (χ3n) is 5.97. The van der Waals surface area contributed by atoms with Gasteiger partial charge in [-0.1, -0.05) is 0 Å². The number of carbonyl (C=O) groups excluding carboxylic acids is 1. The lowest BCUT2D eigenvalue weighted by Crippen LogP contribution is -2.48. The summed E-state index contributed by atoms with van der Waals surface area (Å²) in [6.45, 7) is 9.68. The Morgan fingerprint density at radius 1 is 1.03 bits per heavy atom. The second kappa shape index (κ2) is 8.07. The van der Waals surface area contributed by atoms with E-state index in [0.717, 1.165) is 71.4 Å². The van der Waals surface area contributed by atoms with E-state index in [4.69, 9.17) is 4.74 Å². The Bertz CT molecular complexity index is 1080. The number of hydrogen-bond donors (Lipinski definition) is 0. The molecule has 0 saturated carbocycles. The molecule has 0 unspecified atom stereocenters. The van der Waals surface area contributed by atoms with Gasteiger partial charge in [0.15, 0.2) is 5.78 Å². The summed E-state index contributed by atoms with van der Waals surface area (Å²) in [5.74, 6) is 1.71. The number of anilines is 1. The van der Waals surface area contributed by atoms with E-state index in [1.54, 1.807) is 7.11 Å². The van der Waals surface area contributed by atoms with E-state index in [-0.39, 0.29) is 5.78 Å². The van der Waals surface area contributed by atoms with Crippen LogP contribution in [0.2, 0.25) is 0 Å². The smallest absolute Gasteiger partial charge is 0.225 e. The Balaban J connectivity index is 1.48. The lowest BCUT2D eigenvalue weighted by Gasteiger charge is -2.34. The van der Waals surface area contributed by atoms with Gasteiger partial charge in [-0.05, 0) is 45.0 Å². The van der Waals surface area contributed by atoms with Gasteiger partial charge < -0.3 is 14.2 Å². The third kappa shape index (κ3) is 3.77. The van der Waals surface area contributed by atoms with Crippen molar-refractivity contribution < 1.29 is 9.53 Å². The fraction of sp³-hybridized carbons (Fsp3) is 0.435. The zero-order chi connectivity index (χ0) is 21.4. The summed E-state index contributed by atoms with van der Waals surface area (Å²) >= 11 is 0. The minimum Gasteiger partial charge on any atom is -0.497 e. The number of aryl methyl sites for hydroxylation is 3. The van der Waals surface area contributed by atoms with Crippen molar-refractivity contribution in [3.63, 3.8) is 0 Å². The fourth-order valence-corrected chi connectivity index (χ4v) is 4.27. The summed E-state index contributed by atoms with van der Waals surface area (Å²) in [7, 11) is 3.65. The van der Waals surface area contributed by atoms with Crippen LogP contribution in [0.4, 0.5) is 5.95 Å². The number of hydrogen-bond acceptors (Lipinski definition) is 6. The molecule has 1 aliphatic rings. The zero-order valence-electron chi connectivity index (χ0n) is 18.4. The fourth-order valence-electron chi connectivity index (χ4n) is 4.27. The monoisotopic (exact) mass is 407 g/mol. The Morgan fingerprint density at radius 3 is 2.33 bits per heavy atom. The number of ketones is 1. The number of rotatable bonds is 5. The summed E-state index contributed by atoms with van der Waals surface area (Å²) in [5.41, 5.74) is 4.80. The first-order valence-electron chi connectivity index (χ1n) is 10.3. The molecule has 1 fully saturated rings. The number of aromatic nitrogens is 3. The highest BCUT2D eigenvalue weighted by atomic mass is 16.5. The summed E-state index contributed by atoms with van der Waals surface area (Å²) in [5, 5.41) is 0.960. The molecule has 3 aromatic rings. The maximum atomic E-state index is 13.3. The first kappa shape index (κ1) is 20.3. The lowest BCUT2D eigenvalue weighted by atomic mass is 10.1. The predicted molar refractivity (Wildman–Crippen MR) is 119 cm³/mol. The van der Waals surface area contributed by atoms with Crippen molar-refractivity contribution >= 4 is 22.6 Å². The van der Waals surface area contributed by atoms with E-state index < -0.39 is 0 Å². The molecule has 0 radical (unpaired) electrons. The molecule has 7 heteroatoms. The van der Waals surface area contributed by atoms with Crippen LogP contribution in [0.3, 0.4) is 0 Å². The highest BCUT2D eigenvalue weighted by Crippen LogP contribution is 2.29. The Labute approximate surface area is 177 Å². The SMILES string of the molecule is COc1ccc2c(c1)c(C(=O)CN1CCN(c3nc(C)cc(C)n3)CC1)c(C)n2C. The lowest BCUT2D eigenvalue weighted by molar-refractivity contribution is 0.0927. The molecule has 1 aromatic carbocycles. The Hall–Kier alpha value is -2.93. The predicted octanol–water partition coefficient (Wildman–Crippen LogP) is 2.91. The van der Waals surface area contributed by atoms with E-state index in [2.05, 4.69) is 24.3 Å². The Kier molecular flexibility index (Phi) is 5.47. The number of fused-ring (bicyclic) bond motifs is 1. The topological polar surface area (TPSA) is 63.5 Å². The van der Waals surface area contributed by atoms with E-state index in [9.17, 15) is 4.79 Å². The second-order valence-corrected chi connectivity index (χ2v) is 8.04. The van der Waals surface area contributed by atoms with E-state index in [1.807, 2.05) is 52.1 Å². The maximum Gasteiger partial charge on any atom is 0.225 e. The molecule has 158 valence electrons. The van der Waals surface area contributed by atoms with E-state index in [0.29, 0.717) is 6.54 Å². The molecule has 3 heterocycles.